The zero-order chi connectivity index (χ0) is 9.84. The average Bonchev–Trinajstić information content (AvgIpc) is 2.03. The third-order valence-electron chi connectivity index (χ3n) is 1.84. The van der Waals surface area contributed by atoms with E-state index in [2.05, 4.69) is 0 Å². The second-order valence-corrected chi connectivity index (χ2v) is 2.93. The van der Waals surface area contributed by atoms with Crippen LogP contribution in [0.5, 0.6) is 0 Å². The minimum Gasteiger partial charge on any atom is -0.370 e. The fourth-order valence-corrected chi connectivity index (χ4v) is 1.26. The first kappa shape index (κ1) is 9.44. The Hall–Kier alpha value is -1.65. The van der Waals surface area contributed by atoms with E-state index in [1.165, 1.54) is 6.08 Å². The summed E-state index contributed by atoms with van der Waals surface area (Å²) < 4.78 is 0. The van der Waals surface area contributed by atoms with Crippen molar-refractivity contribution in [2.24, 2.45) is 11.7 Å². The molecule has 5 nitrogen and oxygen atoms in total. The molecule has 0 bridgehead atoms. The van der Waals surface area contributed by atoms with E-state index in [4.69, 9.17) is 5.73 Å². The summed E-state index contributed by atoms with van der Waals surface area (Å²) in [5.74, 6) is -0.554. The Balaban J connectivity index is 2.59. The standard InChI is InChI=1S/C8H10N2O3/c9-8(11)5-6-2-1-3-7(4-6)10(12)13/h1-3,6H,4-5H2,(H2,9,11). The monoisotopic (exact) mass is 182 g/mol. The first-order chi connectivity index (χ1) is 6.09. The number of carbonyl (C=O) groups excluding carboxylic acids is 1. The Morgan fingerprint density at radius 1 is 1.77 bits per heavy atom. The molecule has 2 N–H and O–H groups in total. The van der Waals surface area contributed by atoms with Gasteiger partial charge in [0.05, 0.1) is 4.92 Å². The van der Waals surface area contributed by atoms with Crippen molar-refractivity contribution in [2.45, 2.75) is 12.8 Å². The van der Waals surface area contributed by atoms with Crippen LogP contribution in [0.1, 0.15) is 12.8 Å². The fourth-order valence-electron chi connectivity index (χ4n) is 1.26. The minimum absolute atomic E-state index is 0.122. The molecule has 0 heterocycles. The molecule has 70 valence electrons. The molecule has 1 amide bonds. The third kappa shape index (κ3) is 2.70. The maximum Gasteiger partial charge on any atom is 0.246 e. The largest absolute Gasteiger partial charge is 0.370 e. The number of hydrogen-bond donors (Lipinski definition) is 1. The number of nitrogens with zero attached hydrogens (tertiary/aromatic N) is 1. The number of amides is 1. The lowest BCUT2D eigenvalue weighted by Gasteiger charge is -2.11. The van der Waals surface area contributed by atoms with Gasteiger partial charge < -0.3 is 5.73 Å². The first-order valence-corrected chi connectivity index (χ1v) is 3.89. The summed E-state index contributed by atoms with van der Waals surface area (Å²) in [7, 11) is 0. The van der Waals surface area contributed by atoms with E-state index in [0.29, 0.717) is 0 Å². The van der Waals surface area contributed by atoms with Gasteiger partial charge in [-0.1, -0.05) is 12.2 Å². The van der Waals surface area contributed by atoms with E-state index in [-0.39, 0.29) is 24.5 Å². The summed E-state index contributed by atoms with van der Waals surface area (Å²) in [5.41, 5.74) is 5.12. The van der Waals surface area contributed by atoms with Crippen molar-refractivity contribution in [3.8, 4) is 0 Å². The van der Waals surface area contributed by atoms with E-state index >= 15 is 0 Å². The van der Waals surface area contributed by atoms with Crippen molar-refractivity contribution in [3.63, 3.8) is 0 Å². The van der Waals surface area contributed by atoms with Crippen LogP contribution in [0.15, 0.2) is 23.9 Å². The molecule has 13 heavy (non-hydrogen) atoms. The van der Waals surface area contributed by atoms with Crippen LogP contribution in [-0.2, 0) is 4.79 Å². The Morgan fingerprint density at radius 2 is 2.46 bits per heavy atom. The molecule has 0 aromatic carbocycles. The Labute approximate surface area is 75.1 Å². The Kier molecular flexibility index (Phi) is 2.79. The molecule has 0 aromatic rings. The van der Waals surface area contributed by atoms with Crippen molar-refractivity contribution in [1.29, 1.82) is 0 Å². The molecule has 1 aliphatic rings. The molecule has 0 spiro atoms. The van der Waals surface area contributed by atoms with Crippen molar-refractivity contribution >= 4 is 5.91 Å². The topological polar surface area (TPSA) is 86.2 Å². The van der Waals surface area contributed by atoms with Crippen LogP contribution in [-0.4, -0.2) is 10.8 Å². The van der Waals surface area contributed by atoms with Crippen LogP contribution in [0.3, 0.4) is 0 Å². The predicted molar refractivity (Wildman–Crippen MR) is 46.1 cm³/mol. The number of rotatable bonds is 3. The molecule has 0 radical (unpaired) electrons. The molecule has 0 saturated heterocycles. The molecule has 1 aliphatic carbocycles. The maximum absolute atomic E-state index is 10.5. The second kappa shape index (κ2) is 3.84. The number of nitro groups is 1. The van der Waals surface area contributed by atoms with Gasteiger partial charge in [0.15, 0.2) is 0 Å². The normalized spacial score (nSPS) is 20.9. The summed E-state index contributed by atoms with van der Waals surface area (Å²) >= 11 is 0. The predicted octanol–water partition coefficient (Wildman–Crippen LogP) is 0.599. The maximum atomic E-state index is 10.5. The highest BCUT2D eigenvalue weighted by molar-refractivity contribution is 5.74. The number of carbonyl (C=O) groups is 1. The van der Waals surface area contributed by atoms with Crippen molar-refractivity contribution in [2.75, 3.05) is 0 Å². The molecule has 1 atom stereocenters. The van der Waals surface area contributed by atoms with Crippen molar-refractivity contribution in [1.82, 2.24) is 0 Å². The number of allylic oxidation sites excluding steroid dienone is 4. The van der Waals surface area contributed by atoms with Crippen LogP contribution in [0.25, 0.3) is 0 Å². The van der Waals surface area contributed by atoms with Gasteiger partial charge in [0.1, 0.15) is 0 Å². The van der Waals surface area contributed by atoms with Gasteiger partial charge in [-0.15, -0.1) is 0 Å². The second-order valence-electron chi connectivity index (χ2n) is 2.93. The molecule has 0 fully saturated rings. The summed E-state index contributed by atoms with van der Waals surface area (Å²) in [6, 6.07) is 0. The quantitative estimate of drug-likeness (QED) is 0.512. The molecular weight excluding hydrogens is 172 g/mol. The Bertz CT molecular complexity index is 294. The highest BCUT2D eigenvalue weighted by Crippen LogP contribution is 2.21. The smallest absolute Gasteiger partial charge is 0.246 e. The van der Waals surface area contributed by atoms with Crippen molar-refractivity contribution in [3.05, 3.63) is 34.0 Å². The van der Waals surface area contributed by atoms with Gasteiger partial charge in [-0.2, -0.15) is 0 Å². The van der Waals surface area contributed by atoms with Crippen LogP contribution >= 0.6 is 0 Å². The van der Waals surface area contributed by atoms with Gasteiger partial charge in [-0.3, -0.25) is 14.9 Å². The molecule has 0 aliphatic heterocycles. The van der Waals surface area contributed by atoms with E-state index in [0.717, 1.165) is 0 Å². The third-order valence-corrected chi connectivity index (χ3v) is 1.84. The summed E-state index contributed by atoms with van der Waals surface area (Å²) in [4.78, 5) is 20.5. The first-order valence-electron chi connectivity index (χ1n) is 3.89. The van der Waals surface area contributed by atoms with Gasteiger partial charge in [0, 0.05) is 18.9 Å². The van der Waals surface area contributed by atoms with Gasteiger partial charge >= 0.3 is 0 Å². The molecule has 1 unspecified atom stereocenters. The average molecular weight is 182 g/mol. The highest BCUT2D eigenvalue weighted by atomic mass is 16.6. The van der Waals surface area contributed by atoms with E-state index in [9.17, 15) is 14.9 Å². The number of nitrogens with two attached hydrogens (primary N) is 1. The van der Waals surface area contributed by atoms with Gasteiger partial charge in [-0.25, -0.2) is 0 Å². The summed E-state index contributed by atoms with van der Waals surface area (Å²) in [6.45, 7) is 0. The van der Waals surface area contributed by atoms with Gasteiger partial charge in [-0.05, 0) is 5.92 Å². The molecule has 0 aromatic heterocycles. The summed E-state index contributed by atoms with van der Waals surface area (Å²) in [5, 5.41) is 10.4. The van der Waals surface area contributed by atoms with E-state index in [1.54, 1.807) is 12.2 Å². The van der Waals surface area contributed by atoms with Gasteiger partial charge in [0.25, 0.3) is 0 Å². The van der Waals surface area contributed by atoms with Crippen LogP contribution < -0.4 is 5.73 Å². The molecule has 1 rings (SSSR count). The number of primary amides is 1. The molecular formula is C8H10N2O3. The van der Waals surface area contributed by atoms with Gasteiger partial charge in [0.2, 0.25) is 11.6 Å². The summed E-state index contributed by atoms with van der Waals surface area (Å²) in [6.07, 6.45) is 5.25. The van der Waals surface area contributed by atoms with E-state index < -0.39 is 10.8 Å². The van der Waals surface area contributed by atoms with Crippen LogP contribution in [0, 0.1) is 16.0 Å². The molecule has 0 saturated carbocycles. The lowest BCUT2D eigenvalue weighted by atomic mass is 9.95. The highest BCUT2D eigenvalue weighted by Gasteiger charge is 2.20. The van der Waals surface area contributed by atoms with E-state index in [1.807, 2.05) is 0 Å². The lowest BCUT2D eigenvalue weighted by Crippen LogP contribution is -2.17. The zero-order valence-electron chi connectivity index (χ0n) is 6.97. The fraction of sp³-hybridized carbons (Fsp3) is 0.375. The minimum atomic E-state index is -0.433. The molecule has 5 heteroatoms. The zero-order valence-corrected chi connectivity index (χ0v) is 6.97. The number of hydrogen-bond acceptors (Lipinski definition) is 3. The SMILES string of the molecule is NC(=O)CC1C=CC=C([N+](=O)[O-])C1. The van der Waals surface area contributed by atoms with Crippen LogP contribution in [0.4, 0.5) is 0 Å². The van der Waals surface area contributed by atoms with Crippen molar-refractivity contribution < 1.29 is 9.72 Å². The lowest BCUT2D eigenvalue weighted by molar-refractivity contribution is -0.428. The van der Waals surface area contributed by atoms with Crippen LogP contribution in [0.2, 0.25) is 0 Å². The Morgan fingerprint density at radius 3 is 3.00 bits per heavy atom.